The van der Waals surface area contributed by atoms with E-state index in [4.69, 9.17) is 4.74 Å². The predicted octanol–water partition coefficient (Wildman–Crippen LogP) is 2.93. The first-order valence-corrected chi connectivity index (χ1v) is 9.23. The van der Waals surface area contributed by atoms with Gasteiger partial charge in [0.2, 0.25) is 0 Å². The normalized spacial score (nSPS) is 20.9. The van der Waals surface area contributed by atoms with E-state index in [1.54, 1.807) is 6.33 Å². The van der Waals surface area contributed by atoms with Crippen LogP contribution in [0.15, 0.2) is 12.4 Å². The second kappa shape index (κ2) is 7.45. The van der Waals surface area contributed by atoms with Crippen LogP contribution in [0.25, 0.3) is 0 Å². The van der Waals surface area contributed by atoms with Crippen molar-refractivity contribution in [3.8, 4) is 0 Å². The number of rotatable bonds is 5. The van der Waals surface area contributed by atoms with Gasteiger partial charge in [-0.2, -0.15) is 0 Å². The maximum atomic E-state index is 11.9. The Bertz CT molecular complexity index is 597. The summed E-state index contributed by atoms with van der Waals surface area (Å²) in [4.78, 5) is 23.0. The van der Waals surface area contributed by atoms with Crippen molar-refractivity contribution in [1.29, 1.82) is 0 Å². The van der Waals surface area contributed by atoms with Crippen LogP contribution < -0.4 is 15.5 Å². The molecule has 7 heteroatoms. The molecule has 0 aromatic carbocycles. The Balaban J connectivity index is 1.61. The molecule has 1 amide bonds. The van der Waals surface area contributed by atoms with Gasteiger partial charge in [-0.25, -0.2) is 14.8 Å². The van der Waals surface area contributed by atoms with Gasteiger partial charge in [0.1, 0.15) is 23.6 Å². The zero-order chi connectivity index (χ0) is 17.9. The van der Waals surface area contributed by atoms with E-state index in [1.165, 1.54) is 12.8 Å². The van der Waals surface area contributed by atoms with Crippen LogP contribution in [0.3, 0.4) is 0 Å². The minimum absolute atomic E-state index is 0.227. The van der Waals surface area contributed by atoms with Crippen LogP contribution in [0.1, 0.15) is 52.9 Å². The standard InChI is InChI=1S/C18H29N5O2/c1-18(2,3)25-17(24)19-11-14-6-4-5-9-23(14)16-10-15(20-12-21-16)22-13-7-8-13/h10,12-14H,4-9,11H2,1-3H3,(H,19,24)(H,20,21,22)/t14-/m1/s1. The number of nitrogens with one attached hydrogen (secondary N) is 2. The van der Waals surface area contributed by atoms with Gasteiger partial charge in [0.25, 0.3) is 0 Å². The quantitative estimate of drug-likeness (QED) is 0.852. The number of hydrogen-bond acceptors (Lipinski definition) is 6. The number of carbonyl (C=O) groups is 1. The molecule has 1 aromatic rings. The molecule has 1 aromatic heterocycles. The third-order valence-corrected chi connectivity index (χ3v) is 4.38. The number of alkyl carbamates (subject to hydrolysis) is 1. The molecule has 1 aliphatic heterocycles. The molecular weight excluding hydrogens is 318 g/mol. The Labute approximate surface area is 149 Å². The highest BCUT2D eigenvalue weighted by molar-refractivity contribution is 5.67. The van der Waals surface area contributed by atoms with Crippen molar-refractivity contribution in [2.45, 2.75) is 70.6 Å². The summed E-state index contributed by atoms with van der Waals surface area (Å²) in [6, 6.07) is 2.81. The topological polar surface area (TPSA) is 79.4 Å². The zero-order valence-corrected chi connectivity index (χ0v) is 15.4. The van der Waals surface area contributed by atoms with Crippen molar-refractivity contribution in [1.82, 2.24) is 15.3 Å². The molecule has 1 saturated carbocycles. The number of ether oxygens (including phenoxy) is 1. The van der Waals surface area contributed by atoms with Gasteiger partial charge in [-0.05, 0) is 52.9 Å². The number of piperidine rings is 1. The number of anilines is 2. The zero-order valence-electron chi connectivity index (χ0n) is 15.4. The minimum atomic E-state index is -0.480. The summed E-state index contributed by atoms with van der Waals surface area (Å²) in [5, 5.41) is 6.32. The number of hydrogen-bond donors (Lipinski definition) is 2. The van der Waals surface area contributed by atoms with E-state index in [-0.39, 0.29) is 12.1 Å². The van der Waals surface area contributed by atoms with Gasteiger partial charge < -0.3 is 20.3 Å². The summed E-state index contributed by atoms with van der Waals surface area (Å²) < 4.78 is 5.34. The van der Waals surface area contributed by atoms with Gasteiger partial charge in [-0.3, -0.25) is 0 Å². The first-order valence-electron chi connectivity index (χ1n) is 9.23. The lowest BCUT2D eigenvalue weighted by Crippen LogP contribution is -2.48. The lowest BCUT2D eigenvalue weighted by molar-refractivity contribution is 0.0523. The number of carbonyl (C=O) groups excluding carboxylic acids is 1. The Kier molecular flexibility index (Phi) is 5.30. The highest BCUT2D eigenvalue weighted by Crippen LogP contribution is 2.27. The third kappa shape index (κ3) is 5.47. The molecule has 0 bridgehead atoms. The minimum Gasteiger partial charge on any atom is -0.444 e. The number of amides is 1. The smallest absolute Gasteiger partial charge is 0.407 e. The van der Waals surface area contributed by atoms with Crippen molar-refractivity contribution < 1.29 is 9.53 Å². The Hall–Kier alpha value is -2.05. The Morgan fingerprint density at radius 3 is 2.80 bits per heavy atom. The third-order valence-electron chi connectivity index (χ3n) is 4.38. The Morgan fingerprint density at radius 1 is 1.28 bits per heavy atom. The first-order chi connectivity index (χ1) is 11.9. The molecule has 2 aliphatic rings. The molecule has 2 N–H and O–H groups in total. The van der Waals surface area contributed by atoms with E-state index < -0.39 is 5.60 Å². The lowest BCUT2D eigenvalue weighted by Gasteiger charge is -2.37. The van der Waals surface area contributed by atoms with E-state index in [0.29, 0.717) is 12.6 Å². The SMILES string of the molecule is CC(C)(C)OC(=O)NC[C@H]1CCCCN1c1cc(NC2CC2)ncn1. The van der Waals surface area contributed by atoms with Gasteiger partial charge in [-0.1, -0.05) is 0 Å². The van der Waals surface area contributed by atoms with Crippen LogP contribution in [0.5, 0.6) is 0 Å². The average Bonchev–Trinajstić information content (AvgIpc) is 3.36. The maximum Gasteiger partial charge on any atom is 0.407 e. The van der Waals surface area contributed by atoms with Crippen LogP contribution >= 0.6 is 0 Å². The number of nitrogens with zero attached hydrogens (tertiary/aromatic N) is 3. The molecule has 1 atom stereocenters. The fourth-order valence-electron chi connectivity index (χ4n) is 3.05. The molecular formula is C18H29N5O2. The largest absolute Gasteiger partial charge is 0.444 e. The van der Waals surface area contributed by atoms with Crippen LogP contribution in [-0.2, 0) is 4.74 Å². The summed E-state index contributed by atoms with van der Waals surface area (Å²) in [7, 11) is 0. The highest BCUT2D eigenvalue weighted by atomic mass is 16.6. The van der Waals surface area contributed by atoms with E-state index in [2.05, 4.69) is 25.5 Å². The Morgan fingerprint density at radius 2 is 2.08 bits per heavy atom. The molecule has 0 spiro atoms. The summed E-state index contributed by atoms with van der Waals surface area (Å²) in [5.74, 6) is 1.81. The summed E-state index contributed by atoms with van der Waals surface area (Å²) in [6.07, 6.45) is 7.01. The molecule has 0 unspecified atom stereocenters. The maximum absolute atomic E-state index is 11.9. The fraction of sp³-hybridized carbons (Fsp3) is 0.722. The van der Waals surface area contributed by atoms with E-state index >= 15 is 0 Å². The van der Waals surface area contributed by atoms with Crippen LogP contribution in [-0.4, -0.2) is 46.8 Å². The molecule has 3 rings (SSSR count). The molecule has 2 heterocycles. The molecule has 25 heavy (non-hydrogen) atoms. The van der Waals surface area contributed by atoms with Gasteiger partial charge in [0, 0.05) is 31.2 Å². The molecule has 1 saturated heterocycles. The molecule has 138 valence electrons. The molecule has 1 aliphatic carbocycles. The summed E-state index contributed by atoms with van der Waals surface area (Å²) in [6.45, 7) is 7.11. The van der Waals surface area contributed by atoms with E-state index in [0.717, 1.165) is 37.4 Å². The summed E-state index contributed by atoms with van der Waals surface area (Å²) >= 11 is 0. The van der Waals surface area contributed by atoms with Crippen LogP contribution in [0.4, 0.5) is 16.4 Å². The predicted molar refractivity (Wildman–Crippen MR) is 97.9 cm³/mol. The monoisotopic (exact) mass is 347 g/mol. The van der Waals surface area contributed by atoms with Crippen molar-refractivity contribution in [3.63, 3.8) is 0 Å². The van der Waals surface area contributed by atoms with Crippen molar-refractivity contribution in [3.05, 3.63) is 12.4 Å². The number of aromatic nitrogens is 2. The first kappa shape index (κ1) is 17.8. The van der Waals surface area contributed by atoms with Crippen LogP contribution in [0, 0.1) is 0 Å². The second-order valence-corrected chi connectivity index (χ2v) is 7.91. The average molecular weight is 347 g/mol. The summed E-state index contributed by atoms with van der Waals surface area (Å²) in [5.41, 5.74) is -0.480. The van der Waals surface area contributed by atoms with Gasteiger partial charge in [-0.15, -0.1) is 0 Å². The van der Waals surface area contributed by atoms with Crippen molar-refractivity contribution in [2.24, 2.45) is 0 Å². The van der Waals surface area contributed by atoms with E-state index in [9.17, 15) is 4.79 Å². The van der Waals surface area contributed by atoms with E-state index in [1.807, 2.05) is 26.8 Å². The van der Waals surface area contributed by atoms with Gasteiger partial charge in [0.05, 0.1) is 0 Å². The van der Waals surface area contributed by atoms with Crippen molar-refractivity contribution in [2.75, 3.05) is 23.3 Å². The molecule has 2 fully saturated rings. The highest BCUT2D eigenvalue weighted by Gasteiger charge is 2.26. The fourth-order valence-corrected chi connectivity index (χ4v) is 3.05. The van der Waals surface area contributed by atoms with Gasteiger partial charge in [0.15, 0.2) is 0 Å². The molecule has 7 nitrogen and oxygen atoms in total. The molecule has 0 radical (unpaired) electrons. The van der Waals surface area contributed by atoms with Gasteiger partial charge >= 0.3 is 6.09 Å². The second-order valence-electron chi connectivity index (χ2n) is 7.91. The van der Waals surface area contributed by atoms with Crippen molar-refractivity contribution >= 4 is 17.7 Å². The van der Waals surface area contributed by atoms with Crippen LogP contribution in [0.2, 0.25) is 0 Å². The lowest BCUT2D eigenvalue weighted by atomic mass is 10.0.